The third-order valence-electron chi connectivity index (χ3n) is 9.14. The van der Waals surface area contributed by atoms with Gasteiger partial charge in [-0.05, 0) is 12.8 Å². The van der Waals surface area contributed by atoms with E-state index < -0.39 is 98.6 Å². The smallest absolute Gasteiger partial charge is 0.306 e. The van der Waals surface area contributed by atoms with Gasteiger partial charge in [0.2, 0.25) is 5.91 Å². The number of rotatable bonds is 24. The van der Waals surface area contributed by atoms with Gasteiger partial charge in [0.1, 0.15) is 61.5 Å². The zero-order valence-corrected chi connectivity index (χ0v) is 32.2. The first kappa shape index (κ1) is 46.8. The zero-order valence-electron chi connectivity index (χ0n) is 31.3. The molecule has 0 aromatic carbocycles. The molecule has 0 spiro atoms. The number of carbonyl (C=O) groups is 3. The highest BCUT2D eigenvalue weighted by atomic mass is 32.2. The second-order valence-corrected chi connectivity index (χ2v) is 14.7. The number of aromatic nitrogens is 3. The van der Waals surface area contributed by atoms with E-state index in [1.807, 2.05) is 0 Å². The van der Waals surface area contributed by atoms with E-state index in [9.17, 15) is 50.1 Å². The summed E-state index contributed by atoms with van der Waals surface area (Å²) in [5, 5.41) is 81.9. The van der Waals surface area contributed by atoms with Gasteiger partial charge < -0.3 is 70.5 Å². The fourth-order valence-corrected chi connectivity index (χ4v) is 6.85. The van der Waals surface area contributed by atoms with Crippen LogP contribution in [0, 0.1) is 0 Å². The normalized spacial score (nSPS) is 29.3. The molecular weight excluding hydrogens is 750 g/mol. The first-order chi connectivity index (χ1) is 26.3. The van der Waals surface area contributed by atoms with Crippen LogP contribution in [-0.2, 0) is 38.1 Å². The van der Waals surface area contributed by atoms with Gasteiger partial charge in [-0.2, -0.15) is 11.8 Å². The zero-order chi connectivity index (χ0) is 40.5. The fourth-order valence-electron chi connectivity index (χ4n) is 5.88. The standard InChI is InChI=1S/C34H59N5O15S/c1-3-5-7-9-11-24(42)50-16-19(51-25(43)12-10-8-6-4-2)17-55-18-20(35)32(49)36-23-13-39(38-37-23)33-29(47)28(46)31(22(15-41)52-33)54-34-30(48)27(45)26(44)21(14-40)53-34/h13,19-22,26-31,33-34,40-41,44-48H,3-12,14-18,35H2,1-2H3,(H,36,49)/t19-,20-,21?,22?,26?,27?,28?,29?,30?,31?,33-,34?/m1/s1. The SMILES string of the molecule is CCCCCCC(=O)OC[C@H](CSC[C@@H](N)C(=O)Nc1cn([C@@H]2OC(CO)C(OC3OC(CO)C(O)C(O)C3O)C(O)C2O)nn1)OC(=O)CCCCCC. The molecule has 2 fully saturated rings. The molecule has 12 atom stereocenters. The van der Waals surface area contributed by atoms with E-state index in [-0.39, 0.29) is 42.7 Å². The van der Waals surface area contributed by atoms with Crippen molar-refractivity contribution in [3.8, 4) is 0 Å². The third-order valence-corrected chi connectivity index (χ3v) is 10.3. The molecule has 10 N–H and O–H groups in total. The number of hydrogen-bond acceptors (Lipinski definition) is 19. The average Bonchev–Trinajstić information content (AvgIpc) is 3.63. The van der Waals surface area contributed by atoms with Crippen LogP contribution in [0.4, 0.5) is 5.82 Å². The number of ether oxygens (including phenoxy) is 5. The Hall–Kier alpha value is -2.54. The molecule has 0 radical (unpaired) electrons. The van der Waals surface area contributed by atoms with Crippen LogP contribution in [0.5, 0.6) is 0 Å². The molecule has 0 saturated carbocycles. The van der Waals surface area contributed by atoms with E-state index in [1.54, 1.807) is 0 Å². The number of hydrogen-bond donors (Lipinski definition) is 9. The quantitative estimate of drug-likeness (QED) is 0.0423. The van der Waals surface area contributed by atoms with Gasteiger partial charge in [-0.25, -0.2) is 4.68 Å². The number of nitrogens with two attached hydrogens (primary N) is 1. The van der Waals surface area contributed by atoms with Crippen LogP contribution in [-0.4, -0.2) is 167 Å². The molecule has 316 valence electrons. The van der Waals surface area contributed by atoms with Gasteiger partial charge in [0, 0.05) is 24.3 Å². The Morgan fingerprint density at radius 2 is 1.51 bits per heavy atom. The molecule has 20 nitrogen and oxygen atoms in total. The van der Waals surface area contributed by atoms with Gasteiger partial charge in [0.15, 0.2) is 18.3 Å². The second kappa shape index (κ2) is 24.3. The minimum absolute atomic E-state index is 0.0864. The Morgan fingerprint density at radius 3 is 2.15 bits per heavy atom. The predicted molar refractivity (Wildman–Crippen MR) is 194 cm³/mol. The summed E-state index contributed by atoms with van der Waals surface area (Å²) in [4.78, 5) is 37.6. The van der Waals surface area contributed by atoms with Crippen molar-refractivity contribution < 1.29 is 73.8 Å². The number of anilines is 1. The van der Waals surface area contributed by atoms with Crippen LogP contribution >= 0.6 is 11.8 Å². The number of nitrogens with zero attached hydrogens (tertiary/aromatic N) is 3. The van der Waals surface area contributed by atoms with Crippen LogP contribution in [0.1, 0.15) is 84.3 Å². The number of amides is 1. The Balaban J connectivity index is 1.53. The van der Waals surface area contributed by atoms with E-state index in [4.69, 9.17) is 29.4 Å². The molecule has 55 heavy (non-hydrogen) atoms. The summed E-state index contributed by atoms with van der Waals surface area (Å²) < 4.78 is 28.6. The first-order valence-corrected chi connectivity index (χ1v) is 20.0. The van der Waals surface area contributed by atoms with Crippen molar-refractivity contribution in [3.63, 3.8) is 0 Å². The van der Waals surface area contributed by atoms with E-state index in [0.717, 1.165) is 43.2 Å². The van der Waals surface area contributed by atoms with Crippen LogP contribution in [0.2, 0.25) is 0 Å². The van der Waals surface area contributed by atoms with E-state index in [1.165, 1.54) is 18.0 Å². The molecule has 9 unspecified atom stereocenters. The minimum atomic E-state index is -1.82. The van der Waals surface area contributed by atoms with Crippen LogP contribution in [0.25, 0.3) is 0 Å². The average molecular weight is 810 g/mol. The Bertz CT molecular complexity index is 1300. The van der Waals surface area contributed by atoms with Crippen molar-refractivity contribution >= 4 is 35.4 Å². The molecule has 1 aromatic heterocycles. The van der Waals surface area contributed by atoms with Crippen LogP contribution in [0.3, 0.4) is 0 Å². The van der Waals surface area contributed by atoms with Gasteiger partial charge in [0.05, 0.1) is 25.5 Å². The second-order valence-electron chi connectivity index (χ2n) is 13.7. The molecule has 3 heterocycles. The molecule has 2 saturated heterocycles. The Morgan fingerprint density at radius 1 is 0.855 bits per heavy atom. The molecular formula is C34H59N5O15S. The molecule has 2 aliphatic heterocycles. The Kier molecular flexibility index (Phi) is 20.7. The molecule has 21 heteroatoms. The van der Waals surface area contributed by atoms with Crippen molar-refractivity contribution in [1.29, 1.82) is 0 Å². The molecule has 1 aromatic rings. The lowest BCUT2D eigenvalue weighted by molar-refractivity contribution is -0.347. The number of esters is 2. The van der Waals surface area contributed by atoms with E-state index in [2.05, 4.69) is 29.5 Å². The van der Waals surface area contributed by atoms with Crippen LogP contribution in [0.15, 0.2) is 6.20 Å². The molecule has 3 rings (SSSR count). The van der Waals surface area contributed by atoms with Gasteiger partial charge in [-0.1, -0.05) is 57.6 Å². The summed E-state index contributed by atoms with van der Waals surface area (Å²) in [5.41, 5.74) is 6.12. The summed E-state index contributed by atoms with van der Waals surface area (Å²) in [6.07, 6.45) is -7.80. The molecule has 0 aliphatic carbocycles. The highest BCUT2D eigenvalue weighted by Crippen LogP contribution is 2.33. The van der Waals surface area contributed by atoms with Crippen molar-refractivity contribution in [2.75, 3.05) is 36.6 Å². The highest BCUT2D eigenvalue weighted by molar-refractivity contribution is 7.99. The number of carbonyl (C=O) groups excluding carboxylic acids is 3. The maximum atomic E-state index is 12.9. The van der Waals surface area contributed by atoms with E-state index in [0.29, 0.717) is 12.8 Å². The number of aliphatic hydroxyl groups is 7. The lowest BCUT2D eigenvalue weighted by Crippen LogP contribution is -2.63. The molecule has 2 aliphatic rings. The first-order valence-electron chi connectivity index (χ1n) is 18.8. The minimum Gasteiger partial charge on any atom is -0.462 e. The number of aliphatic hydroxyl groups excluding tert-OH is 7. The van der Waals surface area contributed by atoms with Crippen molar-refractivity contribution in [3.05, 3.63) is 6.20 Å². The summed E-state index contributed by atoms with van der Waals surface area (Å²) in [5.74, 6) is -1.19. The molecule has 1 amide bonds. The van der Waals surface area contributed by atoms with Crippen molar-refractivity contribution in [2.24, 2.45) is 5.73 Å². The number of thioether (sulfide) groups is 1. The van der Waals surface area contributed by atoms with Crippen molar-refractivity contribution in [1.82, 2.24) is 15.0 Å². The summed E-state index contributed by atoms with van der Waals surface area (Å²) in [7, 11) is 0. The predicted octanol–water partition coefficient (Wildman–Crippen LogP) is -1.53. The third kappa shape index (κ3) is 14.4. The fraction of sp³-hybridized carbons (Fsp3) is 0.853. The lowest BCUT2D eigenvalue weighted by Gasteiger charge is -2.45. The maximum Gasteiger partial charge on any atom is 0.306 e. The van der Waals surface area contributed by atoms with Crippen molar-refractivity contribution in [2.45, 2.75) is 152 Å². The van der Waals surface area contributed by atoms with Gasteiger partial charge in [-0.15, -0.1) is 5.10 Å². The lowest BCUT2D eigenvalue weighted by atomic mass is 9.96. The van der Waals surface area contributed by atoms with E-state index >= 15 is 0 Å². The van der Waals surface area contributed by atoms with Gasteiger partial charge in [-0.3, -0.25) is 14.4 Å². The highest BCUT2D eigenvalue weighted by Gasteiger charge is 2.51. The summed E-state index contributed by atoms with van der Waals surface area (Å²) in [6, 6.07) is -1.06. The van der Waals surface area contributed by atoms with Gasteiger partial charge in [0.25, 0.3) is 0 Å². The Labute approximate surface area is 324 Å². The number of unbranched alkanes of at least 4 members (excludes halogenated alkanes) is 6. The monoisotopic (exact) mass is 809 g/mol. The van der Waals surface area contributed by atoms with Crippen LogP contribution < -0.4 is 11.1 Å². The maximum absolute atomic E-state index is 12.9. The largest absolute Gasteiger partial charge is 0.462 e. The molecule has 0 bridgehead atoms. The van der Waals surface area contributed by atoms with Gasteiger partial charge >= 0.3 is 11.9 Å². The number of nitrogens with one attached hydrogen (secondary N) is 1. The summed E-state index contributed by atoms with van der Waals surface area (Å²) in [6.45, 7) is 2.54. The topological polar surface area (TPSA) is 308 Å². The summed E-state index contributed by atoms with van der Waals surface area (Å²) >= 11 is 1.23.